The first kappa shape index (κ1) is 10.6. The average Bonchev–Trinajstić information content (AvgIpc) is 2.62. The number of anilines is 1. The van der Waals surface area contributed by atoms with E-state index in [-0.39, 0.29) is 17.0 Å². The number of fused-ring (bicyclic) bond motifs is 1. The number of hydrogen-bond acceptors (Lipinski definition) is 4. The molecule has 0 unspecified atom stereocenters. The molecule has 0 saturated carbocycles. The number of nitrogens with zero attached hydrogens (tertiary/aromatic N) is 3. The molecule has 0 bridgehead atoms. The van der Waals surface area contributed by atoms with Crippen LogP contribution in [-0.4, -0.2) is 26.5 Å². The maximum atomic E-state index is 4.08. The molecule has 14 heavy (non-hydrogen) atoms. The lowest BCUT2D eigenvalue weighted by Gasteiger charge is -2.01. The summed E-state index contributed by atoms with van der Waals surface area (Å²) in [6.07, 6.45) is 4.84. The molecule has 0 amide bonds. The molecule has 2 heterocycles. The number of hydrogen-bond donors (Lipinski definition) is 2. The molecule has 0 aliphatic heterocycles. The Bertz CT molecular complexity index is 424. The summed E-state index contributed by atoms with van der Waals surface area (Å²) in [5.41, 5.74) is 1.49. The Morgan fingerprint density at radius 1 is 1.43 bits per heavy atom. The highest BCUT2D eigenvalue weighted by atomic mass is 79.9. The van der Waals surface area contributed by atoms with Gasteiger partial charge in [-0.05, 0) is 0 Å². The first-order valence-electron chi connectivity index (χ1n) is 3.90. The number of halogens is 1. The van der Waals surface area contributed by atoms with Gasteiger partial charge in [0.15, 0.2) is 11.5 Å². The van der Waals surface area contributed by atoms with E-state index in [1.54, 1.807) is 12.4 Å². The normalized spacial score (nSPS) is 9.43. The Morgan fingerprint density at radius 2 is 2.29 bits per heavy atom. The van der Waals surface area contributed by atoms with E-state index in [1.807, 2.05) is 0 Å². The Labute approximate surface area is 91.4 Å². The quantitative estimate of drug-likeness (QED) is 0.817. The topological polar surface area (TPSA) is 66.5 Å². The summed E-state index contributed by atoms with van der Waals surface area (Å²) in [6.45, 7) is 4.28. The molecule has 6 heteroatoms. The Hall–Kier alpha value is -1.43. The maximum Gasteiger partial charge on any atom is 0.182 e. The van der Waals surface area contributed by atoms with Gasteiger partial charge in [-0.1, -0.05) is 6.08 Å². The summed E-state index contributed by atoms with van der Waals surface area (Å²) < 4.78 is 0. The molecular weight excluding hydrogens is 246 g/mol. The van der Waals surface area contributed by atoms with Crippen molar-refractivity contribution in [3.8, 4) is 0 Å². The van der Waals surface area contributed by atoms with E-state index in [9.17, 15) is 0 Å². The van der Waals surface area contributed by atoms with Crippen LogP contribution in [0.5, 0.6) is 0 Å². The Morgan fingerprint density at radius 3 is 3.07 bits per heavy atom. The van der Waals surface area contributed by atoms with Crippen LogP contribution in [0.4, 0.5) is 5.82 Å². The lowest BCUT2D eigenvalue weighted by Crippen LogP contribution is -2.01. The summed E-state index contributed by atoms with van der Waals surface area (Å²) in [5, 5.41) is 3.08. The summed E-state index contributed by atoms with van der Waals surface area (Å²) in [5.74, 6) is 0.752. The molecular formula is C8H10BrN5. The minimum atomic E-state index is 0. The average molecular weight is 256 g/mol. The van der Waals surface area contributed by atoms with Gasteiger partial charge in [-0.25, -0.2) is 15.0 Å². The van der Waals surface area contributed by atoms with Gasteiger partial charge in [-0.15, -0.1) is 23.6 Å². The highest BCUT2D eigenvalue weighted by molar-refractivity contribution is 8.93. The number of aromatic amines is 1. The molecule has 0 saturated heterocycles. The lowest BCUT2D eigenvalue weighted by atomic mass is 10.5. The van der Waals surface area contributed by atoms with E-state index in [4.69, 9.17) is 0 Å². The third kappa shape index (κ3) is 1.90. The molecule has 2 aromatic rings. The summed E-state index contributed by atoms with van der Waals surface area (Å²) in [7, 11) is 0. The standard InChI is InChI=1S/C8H9N5.BrH/c1-2-3-9-7-6-8(11-4-10-6)13-5-12-7;/h2,4-5H,1,3H2,(H2,9,10,11,12,13);1H. The molecule has 74 valence electrons. The second kappa shape index (κ2) is 4.71. The fraction of sp³-hybridized carbons (Fsp3) is 0.125. The van der Waals surface area contributed by atoms with Gasteiger partial charge in [0.05, 0.1) is 6.33 Å². The second-order valence-corrected chi connectivity index (χ2v) is 2.49. The molecule has 0 atom stereocenters. The fourth-order valence-corrected chi connectivity index (χ4v) is 1.07. The van der Waals surface area contributed by atoms with Crippen LogP contribution in [0.25, 0.3) is 11.2 Å². The predicted octanol–water partition coefficient (Wildman–Crippen LogP) is 1.53. The van der Waals surface area contributed by atoms with Gasteiger partial charge in [0, 0.05) is 6.54 Å². The minimum absolute atomic E-state index is 0. The van der Waals surface area contributed by atoms with Gasteiger partial charge in [0.25, 0.3) is 0 Å². The summed E-state index contributed by atoms with van der Waals surface area (Å²) >= 11 is 0. The molecule has 2 rings (SSSR count). The number of rotatable bonds is 3. The van der Waals surface area contributed by atoms with Gasteiger partial charge >= 0.3 is 0 Å². The highest BCUT2D eigenvalue weighted by Crippen LogP contribution is 2.13. The molecule has 2 aromatic heterocycles. The SMILES string of the molecule is Br.C=CCNc1ncnc2nc[nH]c12. The lowest BCUT2D eigenvalue weighted by molar-refractivity contribution is 1.17. The molecule has 5 nitrogen and oxygen atoms in total. The fourth-order valence-electron chi connectivity index (χ4n) is 1.07. The van der Waals surface area contributed by atoms with Crippen molar-refractivity contribution in [2.24, 2.45) is 0 Å². The molecule has 0 aromatic carbocycles. The summed E-state index contributed by atoms with van der Waals surface area (Å²) in [6, 6.07) is 0. The van der Waals surface area contributed by atoms with Crippen molar-refractivity contribution in [2.45, 2.75) is 0 Å². The molecule has 0 spiro atoms. The number of H-pyrrole nitrogens is 1. The van der Waals surface area contributed by atoms with Crippen LogP contribution >= 0.6 is 17.0 Å². The zero-order chi connectivity index (χ0) is 9.10. The molecule has 0 fully saturated rings. The second-order valence-electron chi connectivity index (χ2n) is 2.49. The van der Waals surface area contributed by atoms with Crippen molar-refractivity contribution in [1.29, 1.82) is 0 Å². The number of imidazole rings is 1. The van der Waals surface area contributed by atoms with E-state index in [1.165, 1.54) is 6.33 Å². The molecule has 2 N–H and O–H groups in total. The van der Waals surface area contributed by atoms with Crippen LogP contribution in [0.3, 0.4) is 0 Å². The van der Waals surface area contributed by atoms with Crippen LogP contribution in [0.1, 0.15) is 0 Å². The maximum absolute atomic E-state index is 4.08. The van der Waals surface area contributed by atoms with Crippen LogP contribution in [0.2, 0.25) is 0 Å². The highest BCUT2D eigenvalue weighted by Gasteiger charge is 2.02. The zero-order valence-electron chi connectivity index (χ0n) is 7.40. The smallest absolute Gasteiger partial charge is 0.182 e. The van der Waals surface area contributed by atoms with Gasteiger partial charge in [0.2, 0.25) is 0 Å². The molecule has 0 aliphatic rings. The van der Waals surface area contributed by atoms with Gasteiger partial charge in [0.1, 0.15) is 11.8 Å². The van der Waals surface area contributed by atoms with Crippen molar-refractivity contribution < 1.29 is 0 Å². The third-order valence-electron chi connectivity index (χ3n) is 1.64. The Kier molecular flexibility index (Phi) is 3.58. The first-order chi connectivity index (χ1) is 6.42. The van der Waals surface area contributed by atoms with E-state index in [0.717, 1.165) is 11.3 Å². The van der Waals surface area contributed by atoms with Gasteiger partial charge in [-0.3, -0.25) is 0 Å². The third-order valence-corrected chi connectivity index (χ3v) is 1.64. The zero-order valence-corrected chi connectivity index (χ0v) is 9.11. The minimum Gasteiger partial charge on any atom is -0.365 e. The van der Waals surface area contributed by atoms with Crippen molar-refractivity contribution in [3.05, 3.63) is 25.3 Å². The predicted molar refractivity (Wildman–Crippen MR) is 60.7 cm³/mol. The largest absolute Gasteiger partial charge is 0.365 e. The van der Waals surface area contributed by atoms with E-state index >= 15 is 0 Å². The Balaban J connectivity index is 0.000000980. The van der Waals surface area contributed by atoms with Crippen LogP contribution in [0, 0.1) is 0 Å². The summed E-state index contributed by atoms with van der Waals surface area (Å²) in [4.78, 5) is 15.0. The van der Waals surface area contributed by atoms with Crippen LogP contribution in [-0.2, 0) is 0 Å². The van der Waals surface area contributed by atoms with E-state index < -0.39 is 0 Å². The number of aromatic nitrogens is 4. The van der Waals surface area contributed by atoms with Crippen molar-refractivity contribution in [1.82, 2.24) is 19.9 Å². The molecule has 0 aliphatic carbocycles. The first-order valence-corrected chi connectivity index (χ1v) is 3.90. The monoisotopic (exact) mass is 255 g/mol. The van der Waals surface area contributed by atoms with Crippen molar-refractivity contribution >= 4 is 34.0 Å². The molecule has 0 radical (unpaired) electrons. The van der Waals surface area contributed by atoms with Crippen LogP contribution < -0.4 is 5.32 Å². The number of nitrogens with one attached hydrogen (secondary N) is 2. The van der Waals surface area contributed by atoms with Crippen molar-refractivity contribution in [3.63, 3.8) is 0 Å². The van der Waals surface area contributed by atoms with Gasteiger partial charge < -0.3 is 10.3 Å². The van der Waals surface area contributed by atoms with Gasteiger partial charge in [-0.2, -0.15) is 0 Å². The van der Waals surface area contributed by atoms with E-state index in [0.29, 0.717) is 12.2 Å². The van der Waals surface area contributed by atoms with Crippen molar-refractivity contribution in [2.75, 3.05) is 11.9 Å². The van der Waals surface area contributed by atoms with Crippen LogP contribution in [0.15, 0.2) is 25.3 Å². The van der Waals surface area contributed by atoms with E-state index in [2.05, 4.69) is 31.8 Å².